The highest BCUT2D eigenvalue weighted by Crippen LogP contribution is 2.49. The first kappa shape index (κ1) is 13.0. The van der Waals surface area contributed by atoms with Crippen LogP contribution in [0.15, 0.2) is 30.3 Å². The van der Waals surface area contributed by atoms with Gasteiger partial charge in [0.1, 0.15) is 0 Å². The summed E-state index contributed by atoms with van der Waals surface area (Å²) in [4.78, 5) is 0. The average Bonchev–Trinajstić information content (AvgIpc) is 2.15. The summed E-state index contributed by atoms with van der Waals surface area (Å²) in [6.07, 6.45) is -4.63. The third-order valence-electron chi connectivity index (χ3n) is 1.59. The number of halogens is 5. The molecule has 0 spiro atoms. The highest BCUT2D eigenvalue weighted by atomic mass is 35.5. The fraction of sp³-hybridized carbons (Fsp3) is 0.333. The van der Waals surface area contributed by atoms with E-state index in [9.17, 15) is 13.2 Å². The van der Waals surface area contributed by atoms with Gasteiger partial charge in [0.15, 0.2) is 0 Å². The Kier molecular flexibility index (Phi) is 4.20. The lowest BCUT2D eigenvalue weighted by molar-refractivity contribution is -0.122. The van der Waals surface area contributed by atoms with Crippen LogP contribution < -0.4 is 0 Å². The molecule has 0 saturated carbocycles. The average molecular weight is 275 g/mol. The Morgan fingerprint density at radius 2 is 1.60 bits per heavy atom. The molecule has 0 aliphatic carbocycles. The van der Waals surface area contributed by atoms with Gasteiger partial charge in [0.05, 0.1) is 0 Å². The molecular formula is C9H7Cl2F3S. The standard InChI is InChI=1S/C9H7Cl2F3S/c10-8(11,9(12,13)14)15-6-7-4-2-1-3-5-7/h1-5H,6H2. The largest absolute Gasteiger partial charge is 0.431 e. The van der Waals surface area contributed by atoms with Crippen LogP contribution in [-0.4, -0.2) is 9.84 Å². The second-order valence-corrected chi connectivity index (χ2v) is 5.75. The number of hydrogen-bond donors (Lipinski definition) is 0. The van der Waals surface area contributed by atoms with Crippen molar-refractivity contribution in [3.63, 3.8) is 0 Å². The van der Waals surface area contributed by atoms with E-state index in [1.165, 1.54) is 0 Å². The molecule has 0 bridgehead atoms. The molecule has 15 heavy (non-hydrogen) atoms. The van der Waals surface area contributed by atoms with E-state index in [0.29, 0.717) is 11.8 Å². The quantitative estimate of drug-likeness (QED) is 0.726. The van der Waals surface area contributed by atoms with Crippen LogP contribution >= 0.6 is 35.0 Å². The lowest BCUT2D eigenvalue weighted by Gasteiger charge is -2.21. The van der Waals surface area contributed by atoms with Crippen molar-refractivity contribution < 1.29 is 13.2 Å². The Hall–Kier alpha value is -0.0600. The molecule has 0 aliphatic rings. The summed E-state index contributed by atoms with van der Waals surface area (Å²) in [5.41, 5.74) is 0.748. The number of hydrogen-bond acceptors (Lipinski definition) is 1. The van der Waals surface area contributed by atoms with Crippen LogP contribution in [0.1, 0.15) is 5.56 Å². The van der Waals surface area contributed by atoms with E-state index in [2.05, 4.69) is 0 Å². The number of rotatable bonds is 3. The van der Waals surface area contributed by atoms with E-state index < -0.39 is 9.84 Å². The second kappa shape index (κ2) is 4.85. The molecule has 1 aromatic rings. The molecule has 0 fully saturated rings. The zero-order valence-electron chi connectivity index (χ0n) is 7.39. The van der Waals surface area contributed by atoms with Crippen molar-refractivity contribution in [1.82, 2.24) is 0 Å². The molecule has 1 aromatic carbocycles. The first-order valence-electron chi connectivity index (χ1n) is 3.95. The van der Waals surface area contributed by atoms with Gasteiger partial charge in [-0.05, 0) is 5.56 Å². The molecule has 0 radical (unpaired) electrons. The van der Waals surface area contributed by atoms with Gasteiger partial charge >= 0.3 is 6.18 Å². The highest BCUT2D eigenvalue weighted by Gasteiger charge is 2.53. The lowest BCUT2D eigenvalue weighted by Crippen LogP contribution is -2.30. The van der Waals surface area contributed by atoms with E-state index in [1.807, 2.05) is 0 Å². The SMILES string of the molecule is FC(F)(F)C(Cl)(Cl)SCc1ccccc1. The summed E-state index contributed by atoms with van der Waals surface area (Å²) < 4.78 is 34.0. The van der Waals surface area contributed by atoms with Gasteiger partial charge in [-0.15, -0.1) is 11.8 Å². The maximum Gasteiger partial charge on any atom is 0.431 e. The summed E-state index contributed by atoms with van der Waals surface area (Å²) in [5, 5.41) is 0. The minimum absolute atomic E-state index is 0.118. The molecular weight excluding hydrogens is 268 g/mol. The Morgan fingerprint density at radius 1 is 1.07 bits per heavy atom. The van der Waals surface area contributed by atoms with Crippen molar-refractivity contribution in [2.45, 2.75) is 15.6 Å². The van der Waals surface area contributed by atoms with Gasteiger partial charge in [-0.25, -0.2) is 0 Å². The van der Waals surface area contributed by atoms with Crippen LogP contribution in [0.3, 0.4) is 0 Å². The van der Waals surface area contributed by atoms with Gasteiger partial charge in [-0.3, -0.25) is 0 Å². The van der Waals surface area contributed by atoms with Gasteiger partial charge in [0.2, 0.25) is 0 Å². The molecule has 0 aliphatic heterocycles. The predicted molar refractivity (Wildman–Crippen MR) is 58.2 cm³/mol. The Morgan fingerprint density at radius 3 is 2.07 bits per heavy atom. The predicted octanol–water partition coefficient (Wildman–Crippen LogP) is 4.61. The van der Waals surface area contributed by atoms with Crippen LogP contribution in [0, 0.1) is 0 Å². The van der Waals surface area contributed by atoms with Crippen molar-refractivity contribution >= 4 is 35.0 Å². The molecule has 0 amide bonds. The van der Waals surface area contributed by atoms with Crippen LogP contribution in [-0.2, 0) is 5.75 Å². The topological polar surface area (TPSA) is 0 Å². The van der Waals surface area contributed by atoms with E-state index in [0.717, 1.165) is 5.56 Å². The van der Waals surface area contributed by atoms with Gasteiger partial charge in [-0.2, -0.15) is 13.2 Å². The first-order valence-corrected chi connectivity index (χ1v) is 5.69. The van der Waals surface area contributed by atoms with Crippen molar-refractivity contribution in [2.24, 2.45) is 0 Å². The maximum atomic E-state index is 12.3. The smallest absolute Gasteiger partial charge is 0.167 e. The Bertz CT molecular complexity index is 311. The third kappa shape index (κ3) is 3.78. The zero-order valence-corrected chi connectivity index (χ0v) is 9.72. The molecule has 0 N–H and O–H groups in total. The Balaban J connectivity index is 2.58. The number of alkyl halides is 5. The molecule has 0 aromatic heterocycles. The Labute approximate surface area is 99.8 Å². The van der Waals surface area contributed by atoms with Crippen LogP contribution in [0.25, 0.3) is 0 Å². The third-order valence-corrected chi connectivity index (χ3v) is 3.75. The van der Waals surface area contributed by atoms with Crippen LogP contribution in [0.5, 0.6) is 0 Å². The lowest BCUT2D eigenvalue weighted by atomic mass is 10.2. The van der Waals surface area contributed by atoms with E-state index in [4.69, 9.17) is 23.2 Å². The normalized spacial score (nSPS) is 12.9. The molecule has 0 atom stereocenters. The second-order valence-electron chi connectivity index (χ2n) is 2.79. The van der Waals surface area contributed by atoms with E-state index >= 15 is 0 Å². The zero-order chi connectivity index (χ0) is 11.5. The molecule has 0 heterocycles. The minimum Gasteiger partial charge on any atom is -0.167 e. The van der Waals surface area contributed by atoms with E-state index in [1.54, 1.807) is 30.3 Å². The number of thioether (sulfide) groups is 1. The highest BCUT2D eigenvalue weighted by molar-refractivity contribution is 8.02. The monoisotopic (exact) mass is 274 g/mol. The molecule has 84 valence electrons. The molecule has 0 saturated heterocycles. The van der Waals surface area contributed by atoms with Crippen molar-refractivity contribution in [3.05, 3.63) is 35.9 Å². The maximum absolute atomic E-state index is 12.3. The van der Waals surface area contributed by atoms with Crippen molar-refractivity contribution in [1.29, 1.82) is 0 Å². The molecule has 1 rings (SSSR count). The van der Waals surface area contributed by atoms with Crippen molar-refractivity contribution in [3.8, 4) is 0 Å². The fourth-order valence-electron chi connectivity index (χ4n) is 0.830. The van der Waals surface area contributed by atoms with Crippen LogP contribution in [0.2, 0.25) is 0 Å². The van der Waals surface area contributed by atoms with Gasteiger partial charge in [0, 0.05) is 5.75 Å². The molecule has 0 nitrogen and oxygen atoms in total. The van der Waals surface area contributed by atoms with E-state index in [-0.39, 0.29) is 5.75 Å². The summed E-state index contributed by atoms with van der Waals surface area (Å²) in [5.74, 6) is 0.118. The summed E-state index contributed by atoms with van der Waals surface area (Å²) in [6, 6.07) is 8.70. The van der Waals surface area contributed by atoms with Gasteiger partial charge in [0.25, 0.3) is 3.67 Å². The van der Waals surface area contributed by atoms with Gasteiger partial charge in [-0.1, -0.05) is 53.5 Å². The number of benzene rings is 1. The minimum atomic E-state index is -4.63. The fourth-order valence-corrected chi connectivity index (χ4v) is 1.86. The van der Waals surface area contributed by atoms with Gasteiger partial charge < -0.3 is 0 Å². The molecule has 0 unspecified atom stereocenters. The first-order chi connectivity index (χ1) is 6.83. The molecule has 6 heteroatoms. The summed E-state index contributed by atoms with van der Waals surface area (Å²) >= 11 is 10.8. The van der Waals surface area contributed by atoms with Crippen LogP contribution in [0.4, 0.5) is 13.2 Å². The van der Waals surface area contributed by atoms with Crippen molar-refractivity contribution in [2.75, 3.05) is 0 Å². The summed E-state index contributed by atoms with van der Waals surface area (Å²) in [7, 11) is 0. The summed E-state index contributed by atoms with van der Waals surface area (Å²) in [6.45, 7) is 0.